The topological polar surface area (TPSA) is 18.5 Å². The Bertz CT molecular complexity index is 854. The molecule has 3 heteroatoms. The lowest BCUT2D eigenvalue weighted by Gasteiger charge is -2.16. The molecule has 3 aromatic carbocycles. The summed E-state index contributed by atoms with van der Waals surface area (Å²) in [5.41, 5.74) is 2.06. The zero-order chi connectivity index (χ0) is 19.1. The summed E-state index contributed by atoms with van der Waals surface area (Å²) in [6.07, 6.45) is 0. The number of methoxy groups -OCH3 is 2. The Morgan fingerprint density at radius 2 is 1.44 bits per heavy atom. The van der Waals surface area contributed by atoms with Gasteiger partial charge in [0.25, 0.3) is 0 Å². The first-order chi connectivity index (χ1) is 12.1. The van der Waals surface area contributed by atoms with Crippen molar-refractivity contribution in [1.29, 1.82) is 0 Å². The molecular formula is C22H29FO2. The van der Waals surface area contributed by atoms with Crippen molar-refractivity contribution in [2.75, 3.05) is 14.2 Å². The monoisotopic (exact) mass is 344 g/mol. The number of hydrogen-bond donors (Lipinski definition) is 0. The van der Waals surface area contributed by atoms with Crippen LogP contribution < -0.4 is 9.47 Å². The van der Waals surface area contributed by atoms with Crippen LogP contribution in [-0.4, -0.2) is 14.2 Å². The van der Waals surface area contributed by atoms with Crippen molar-refractivity contribution < 1.29 is 13.9 Å². The number of halogens is 1. The summed E-state index contributed by atoms with van der Waals surface area (Å²) in [4.78, 5) is 0. The number of ether oxygens (including phenoxy) is 2. The average molecular weight is 344 g/mol. The molecule has 0 atom stereocenters. The molecule has 2 nitrogen and oxygen atoms in total. The summed E-state index contributed by atoms with van der Waals surface area (Å²) >= 11 is 0. The molecule has 3 rings (SSSR count). The highest BCUT2D eigenvalue weighted by molar-refractivity contribution is 6.07. The lowest BCUT2D eigenvalue weighted by molar-refractivity contribution is 0.408. The first kappa shape index (κ1) is 20.8. The van der Waals surface area contributed by atoms with Gasteiger partial charge in [0.2, 0.25) is 0 Å². The highest BCUT2D eigenvalue weighted by atomic mass is 19.1. The van der Waals surface area contributed by atoms with Crippen molar-refractivity contribution in [3.05, 3.63) is 47.3 Å². The molecule has 0 N–H and O–H groups in total. The van der Waals surface area contributed by atoms with Gasteiger partial charge >= 0.3 is 0 Å². The first-order valence-corrected chi connectivity index (χ1v) is 8.81. The standard InChI is InChI=1S/C18H17FO2.2C2H6/c1-10-7-16(20-3)17-11(2)14-6-5-13(19)8-12(14)9-15(17)18(10)21-4;2*1-2/h5-9H,1-4H3;2*1-2H3. The van der Waals surface area contributed by atoms with E-state index in [0.717, 1.165) is 44.2 Å². The molecule has 0 saturated heterocycles. The molecule has 0 heterocycles. The van der Waals surface area contributed by atoms with Gasteiger partial charge in [0.1, 0.15) is 17.3 Å². The van der Waals surface area contributed by atoms with Crippen molar-refractivity contribution in [3.8, 4) is 11.5 Å². The second-order valence-corrected chi connectivity index (χ2v) is 5.22. The Kier molecular flexibility index (Phi) is 7.69. The molecular weight excluding hydrogens is 315 g/mol. The van der Waals surface area contributed by atoms with E-state index in [0.29, 0.717) is 0 Å². The third-order valence-electron chi connectivity index (χ3n) is 3.98. The summed E-state index contributed by atoms with van der Waals surface area (Å²) < 4.78 is 24.6. The molecule has 0 saturated carbocycles. The zero-order valence-corrected chi connectivity index (χ0v) is 16.6. The normalized spacial score (nSPS) is 9.80. The molecule has 0 fully saturated rings. The molecule has 3 aromatic rings. The Balaban J connectivity index is 0.000000730. The molecule has 0 aromatic heterocycles. The van der Waals surface area contributed by atoms with Crippen LogP contribution in [0.25, 0.3) is 21.5 Å². The van der Waals surface area contributed by atoms with E-state index in [1.165, 1.54) is 6.07 Å². The summed E-state index contributed by atoms with van der Waals surface area (Å²) in [7, 11) is 3.31. The van der Waals surface area contributed by atoms with Crippen LogP contribution in [0.15, 0.2) is 30.3 Å². The summed E-state index contributed by atoms with van der Waals surface area (Å²) in [5, 5.41) is 3.85. The number of rotatable bonds is 2. The summed E-state index contributed by atoms with van der Waals surface area (Å²) in [5.74, 6) is 1.38. The van der Waals surface area contributed by atoms with Gasteiger partial charge in [-0.3, -0.25) is 0 Å². The van der Waals surface area contributed by atoms with Crippen LogP contribution in [0.2, 0.25) is 0 Å². The highest BCUT2D eigenvalue weighted by Crippen LogP contribution is 2.41. The molecule has 0 unspecified atom stereocenters. The maximum Gasteiger partial charge on any atom is 0.129 e. The molecule has 0 bridgehead atoms. The predicted octanol–water partition coefficient (Wildman–Crippen LogP) is 6.82. The largest absolute Gasteiger partial charge is 0.496 e. The van der Waals surface area contributed by atoms with E-state index < -0.39 is 0 Å². The van der Waals surface area contributed by atoms with Crippen molar-refractivity contribution in [3.63, 3.8) is 0 Å². The fourth-order valence-electron chi connectivity index (χ4n) is 3.03. The fraction of sp³-hybridized carbons (Fsp3) is 0.364. The van der Waals surface area contributed by atoms with Crippen LogP contribution >= 0.6 is 0 Å². The van der Waals surface area contributed by atoms with E-state index in [4.69, 9.17) is 9.47 Å². The lowest BCUT2D eigenvalue weighted by atomic mass is 9.95. The zero-order valence-electron chi connectivity index (χ0n) is 16.6. The van der Waals surface area contributed by atoms with Gasteiger partial charge in [0.15, 0.2) is 0 Å². The van der Waals surface area contributed by atoms with Crippen molar-refractivity contribution in [2.45, 2.75) is 41.5 Å². The van der Waals surface area contributed by atoms with Crippen LogP contribution in [0, 0.1) is 19.7 Å². The van der Waals surface area contributed by atoms with Crippen molar-refractivity contribution >= 4 is 21.5 Å². The Morgan fingerprint density at radius 3 is 2.00 bits per heavy atom. The van der Waals surface area contributed by atoms with Crippen LogP contribution in [0.1, 0.15) is 38.8 Å². The quantitative estimate of drug-likeness (QED) is 0.475. The van der Waals surface area contributed by atoms with E-state index >= 15 is 0 Å². The Hall–Kier alpha value is -2.29. The van der Waals surface area contributed by atoms with Gasteiger partial charge < -0.3 is 9.47 Å². The minimum absolute atomic E-state index is 0.236. The number of benzene rings is 3. The molecule has 0 spiro atoms. The van der Waals surface area contributed by atoms with E-state index in [1.54, 1.807) is 20.3 Å². The Labute approximate surface area is 150 Å². The van der Waals surface area contributed by atoms with Crippen LogP contribution in [0.5, 0.6) is 11.5 Å². The molecule has 0 aliphatic carbocycles. The fourth-order valence-corrected chi connectivity index (χ4v) is 3.03. The van der Waals surface area contributed by atoms with E-state index in [1.807, 2.05) is 59.7 Å². The number of fused-ring (bicyclic) bond motifs is 2. The van der Waals surface area contributed by atoms with Gasteiger partial charge in [-0.1, -0.05) is 33.8 Å². The Morgan fingerprint density at radius 1 is 0.800 bits per heavy atom. The third kappa shape index (κ3) is 3.87. The number of hydrogen-bond acceptors (Lipinski definition) is 2. The van der Waals surface area contributed by atoms with E-state index in [2.05, 4.69) is 0 Å². The smallest absolute Gasteiger partial charge is 0.129 e. The van der Waals surface area contributed by atoms with Crippen LogP contribution in [-0.2, 0) is 0 Å². The minimum atomic E-state index is -0.236. The molecule has 136 valence electrons. The van der Waals surface area contributed by atoms with Gasteiger partial charge in [-0.25, -0.2) is 4.39 Å². The highest BCUT2D eigenvalue weighted by Gasteiger charge is 2.15. The summed E-state index contributed by atoms with van der Waals surface area (Å²) in [6, 6.07) is 8.79. The molecule has 0 aliphatic heterocycles. The third-order valence-corrected chi connectivity index (χ3v) is 3.98. The molecule has 0 radical (unpaired) electrons. The van der Waals surface area contributed by atoms with Gasteiger partial charge in [0, 0.05) is 10.8 Å². The van der Waals surface area contributed by atoms with Crippen LogP contribution in [0.4, 0.5) is 4.39 Å². The van der Waals surface area contributed by atoms with E-state index in [9.17, 15) is 4.39 Å². The van der Waals surface area contributed by atoms with Gasteiger partial charge in [-0.05, 0) is 60.0 Å². The van der Waals surface area contributed by atoms with Gasteiger partial charge in [0.05, 0.1) is 14.2 Å². The first-order valence-electron chi connectivity index (χ1n) is 8.81. The average Bonchev–Trinajstić information content (AvgIpc) is 2.64. The molecule has 0 aliphatic rings. The molecule has 0 amide bonds. The van der Waals surface area contributed by atoms with Crippen molar-refractivity contribution in [2.24, 2.45) is 0 Å². The van der Waals surface area contributed by atoms with Gasteiger partial charge in [-0.15, -0.1) is 0 Å². The van der Waals surface area contributed by atoms with Crippen molar-refractivity contribution in [1.82, 2.24) is 0 Å². The van der Waals surface area contributed by atoms with Crippen LogP contribution in [0.3, 0.4) is 0 Å². The maximum absolute atomic E-state index is 13.5. The SMILES string of the molecule is CC.CC.COc1c(C)cc(OC)c2c(C)c3ccc(F)cc3cc12. The molecule has 25 heavy (non-hydrogen) atoms. The second kappa shape index (κ2) is 9.26. The summed E-state index contributed by atoms with van der Waals surface area (Å²) in [6.45, 7) is 12.0. The number of aryl methyl sites for hydroxylation is 2. The lowest BCUT2D eigenvalue weighted by Crippen LogP contribution is -1.95. The maximum atomic E-state index is 13.5. The minimum Gasteiger partial charge on any atom is -0.496 e. The predicted molar refractivity (Wildman–Crippen MR) is 107 cm³/mol. The van der Waals surface area contributed by atoms with Gasteiger partial charge in [-0.2, -0.15) is 0 Å². The second-order valence-electron chi connectivity index (χ2n) is 5.22. The van der Waals surface area contributed by atoms with E-state index in [-0.39, 0.29) is 5.82 Å².